The molecule has 9 heteroatoms. The molecule has 0 atom stereocenters. The summed E-state index contributed by atoms with van der Waals surface area (Å²) >= 11 is 0. The third-order valence-corrected chi connectivity index (χ3v) is 5.36. The second-order valence-corrected chi connectivity index (χ2v) is 7.81. The van der Waals surface area contributed by atoms with Crippen molar-refractivity contribution in [2.75, 3.05) is 18.0 Å². The van der Waals surface area contributed by atoms with Gasteiger partial charge in [0.15, 0.2) is 5.82 Å². The van der Waals surface area contributed by atoms with Crippen LogP contribution < -0.4 is 10.5 Å². The normalized spacial score (nSPS) is 14.3. The molecular weight excluding hydrogens is 380 g/mol. The Balaban J connectivity index is 1.35. The van der Waals surface area contributed by atoms with E-state index in [0.29, 0.717) is 18.3 Å². The summed E-state index contributed by atoms with van der Waals surface area (Å²) in [5.41, 5.74) is 2.65. The molecule has 0 aliphatic carbocycles. The molecular formula is C21H22N8O. The van der Waals surface area contributed by atoms with Crippen LogP contribution in [0.4, 0.5) is 5.82 Å². The molecule has 0 aromatic carbocycles. The predicted molar refractivity (Wildman–Crippen MR) is 113 cm³/mol. The molecule has 0 amide bonds. The minimum Gasteiger partial charge on any atom is -0.355 e. The van der Waals surface area contributed by atoms with Crippen LogP contribution in [0, 0.1) is 26.7 Å². The molecule has 1 saturated heterocycles. The lowest BCUT2D eigenvalue weighted by atomic mass is 9.99. The van der Waals surface area contributed by atoms with Gasteiger partial charge in [0.05, 0.1) is 24.0 Å². The van der Waals surface area contributed by atoms with Gasteiger partial charge in [-0.05, 0) is 39.0 Å². The number of rotatable bonds is 4. The maximum Gasteiger partial charge on any atom is 0.266 e. The van der Waals surface area contributed by atoms with Gasteiger partial charge in [0, 0.05) is 42.4 Å². The fourth-order valence-corrected chi connectivity index (χ4v) is 3.96. The molecule has 5 rings (SSSR count). The van der Waals surface area contributed by atoms with E-state index in [1.54, 1.807) is 33.9 Å². The van der Waals surface area contributed by atoms with Crippen molar-refractivity contribution in [3.8, 4) is 5.82 Å². The highest BCUT2D eigenvalue weighted by Crippen LogP contribution is 2.29. The number of aryl methyl sites for hydroxylation is 3. The molecule has 5 heterocycles. The van der Waals surface area contributed by atoms with Crippen molar-refractivity contribution in [2.45, 2.75) is 27.3 Å². The van der Waals surface area contributed by atoms with E-state index in [4.69, 9.17) is 0 Å². The lowest BCUT2D eigenvalue weighted by Gasteiger charge is -2.40. The maximum absolute atomic E-state index is 12.4. The molecule has 0 bridgehead atoms. The van der Waals surface area contributed by atoms with Crippen LogP contribution in [0.5, 0.6) is 0 Å². The Morgan fingerprint density at radius 2 is 1.90 bits per heavy atom. The molecule has 0 unspecified atom stereocenters. The van der Waals surface area contributed by atoms with Crippen molar-refractivity contribution in [1.82, 2.24) is 34.5 Å². The Morgan fingerprint density at radius 1 is 1.07 bits per heavy atom. The molecule has 4 aromatic rings. The van der Waals surface area contributed by atoms with Crippen molar-refractivity contribution < 1.29 is 0 Å². The van der Waals surface area contributed by atoms with E-state index < -0.39 is 0 Å². The number of anilines is 1. The van der Waals surface area contributed by atoms with E-state index in [9.17, 15) is 4.79 Å². The smallest absolute Gasteiger partial charge is 0.266 e. The molecule has 0 N–H and O–H groups in total. The first-order valence-corrected chi connectivity index (χ1v) is 9.93. The Labute approximate surface area is 173 Å². The zero-order chi connectivity index (χ0) is 20.8. The minimum absolute atomic E-state index is 0.104. The summed E-state index contributed by atoms with van der Waals surface area (Å²) < 4.78 is 3.31. The van der Waals surface area contributed by atoms with Crippen LogP contribution in [0.15, 0.2) is 41.5 Å². The molecule has 30 heavy (non-hydrogen) atoms. The molecule has 152 valence electrons. The number of hydrogen-bond acceptors (Lipinski definition) is 7. The van der Waals surface area contributed by atoms with Crippen molar-refractivity contribution >= 4 is 16.7 Å². The highest BCUT2D eigenvalue weighted by molar-refractivity contribution is 5.89. The molecule has 1 fully saturated rings. The molecule has 4 aromatic heterocycles. The quantitative estimate of drug-likeness (QED) is 0.514. The van der Waals surface area contributed by atoms with E-state index in [0.717, 1.165) is 47.0 Å². The number of fused-ring (bicyclic) bond motifs is 1. The highest BCUT2D eigenvalue weighted by Gasteiger charge is 2.30. The molecule has 1 aliphatic rings. The van der Waals surface area contributed by atoms with E-state index in [2.05, 4.69) is 30.0 Å². The average molecular weight is 402 g/mol. The van der Waals surface area contributed by atoms with E-state index in [-0.39, 0.29) is 5.56 Å². The SMILES string of the molecule is Cc1cc(C)n(-c2ccc(=O)n(CC3CN(c4nc(C)nc5cnccc45)C3)n2)n1. The van der Waals surface area contributed by atoms with Crippen LogP contribution in [0.25, 0.3) is 16.7 Å². The standard InChI is InChI=1S/C21H22N8O/c1-13-8-14(2)29(25-13)19-4-5-20(30)28(26-19)12-16-10-27(11-16)21-17-6-7-22-9-18(17)23-15(3)24-21/h4-9,16H,10-12H2,1-3H3. The second kappa shape index (κ2) is 7.01. The average Bonchev–Trinajstić information content (AvgIpc) is 3.03. The lowest BCUT2D eigenvalue weighted by molar-refractivity contribution is 0.332. The molecule has 1 aliphatic heterocycles. The summed E-state index contributed by atoms with van der Waals surface area (Å²) in [5.74, 6) is 2.62. The highest BCUT2D eigenvalue weighted by atomic mass is 16.1. The van der Waals surface area contributed by atoms with Gasteiger partial charge in [-0.15, -0.1) is 5.10 Å². The Hall–Kier alpha value is -3.62. The minimum atomic E-state index is -0.104. The fourth-order valence-electron chi connectivity index (χ4n) is 3.96. The number of nitrogens with zero attached hydrogens (tertiary/aromatic N) is 8. The van der Waals surface area contributed by atoms with Gasteiger partial charge in [-0.25, -0.2) is 19.3 Å². The second-order valence-electron chi connectivity index (χ2n) is 7.81. The summed E-state index contributed by atoms with van der Waals surface area (Å²) in [7, 11) is 0. The summed E-state index contributed by atoms with van der Waals surface area (Å²) in [4.78, 5) is 27.8. The Bertz CT molecular complexity index is 1300. The van der Waals surface area contributed by atoms with Crippen LogP contribution >= 0.6 is 0 Å². The van der Waals surface area contributed by atoms with Crippen molar-refractivity contribution in [1.29, 1.82) is 0 Å². The van der Waals surface area contributed by atoms with Crippen molar-refractivity contribution in [2.24, 2.45) is 5.92 Å². The van der Waals surface area contributed by atoms with Crippen LogP contribution in [0.1, 0.15) is 17.2 Å². The zero-order valence-electron chi connectivity index (χ0n) is 17.1. The first-order valence-electron chi connectivity index (χ1n) is 9.93. The van der Waals surface area contributed by atoms with Gasteiger partial charge in [-0.2, -0.15) is 5.10 Å². The predicted octanol–water partition coefficient (Wildman–Crippen LogP) is 1.83. The van der Waals surface area contributed by atoms with E-state index in [1.807, 2.05) is 32.9 Å². The van der Waals surface area contributed by atoms with Gasteiger partial charge in [0.1, 0.15) is 11.6 Å². The number of pyridine rings is 1. The third-order valence-electron chi connectivity index (χ3n) is 5.36. The summed E-state index contributed by atoms with van der Waals surface area (Å²) in [5, 5.41) is 10.0. The first kappa shape index (κ1) is 18.4. The van der Waals surface area contributed by atoms with Crippen LogP contribution in [0.3, 0.4) is 0 Å². The largest absolute Gasteiger partial charge is 0.355 e. The van der Waals surface area contributed by atoms with E-state index in [1.165, 1.54) is 0 Å². The summed E-state index contributed by atoms with van der Waals surface area (Å²) in [6, 6.07) is 7.21. The molecule has 0 radical (unpaired) electrons. The molecule has 0 spiro atoms. The number of aromatic nitrogens is 7. The van der Waals surface area contributed by atoms with Crippen molar-refractivity contribution in [3.05, 3.63) is 64.2 Å². The van der Waals surface area contributed by atoms with Gasteiger partial charge < -0.3 is 4.90 Å². The zero-order valence-corrected chi connectivity index (χ0v) is 17.1. The number of hydrogen-bond donors (Lipinski definition) is 0. The van der Waals surface area contributed by atoms with Gasteiger partial charge in [0.2, 0.25) is 0 Å². The van der Waals surface area contributed by atoms with Gasteiger partial charge in [-0.3, -0.25) is 9.78 Å². The lowest BCUT2D eigenvalue weighted by Crippen LogP contribution is -2.50. The van der Waals surface area contributed by atoms with Crippen LogP contribution in [0.2, 0.25) is 0 Å². The maximum atomic E-state index is 12.4. The van der Waals surface area contributed by atoms with Crippen LogP contribution in [-0.2, 0) is 6.54 Å². The Kier molecular flexibility index (Phi) is 4.30. The Morgan fingerprint density at radius 3 is 2.67 bits per heavy atom. The van der Waals surface area contributed by atoms with Gasteiger partial charge >= 0.3 is 0 Å². The summed E-state index contributed by atoms with van der Waals surface area (Å²) in [6.45, 7) is 7.99. The van der Waals surface area contributed by atoms with Crippen molar-refractivity contribution in [3.63, 3.8) is 0 Å². The van der Waals surface area contributed by atoms with Gasteiger partial charge in [0.25, 0.3) is 5.56 Å². The molecule has 0 saturated carbocycles. The third kappa shape index (κ3) is 3.22. The summed E-state index contributed by atoms with van der Waals surface area (Å²) in [6.07, 6.45) is 3.52. The van der Waals surface area contributed by atoms with E-state index >= 15 is 0 Å². The monoisotopic (exact) mass is 402 g/mol. The van der Waals surface area contributed by atoms with Crippen LogP contribution in [-0.4, -0.2) is 47.6 Å². The topological polar surface area (TPSA) is 94.6 Å². The first-order chi connectivity index (χ1) is 14.5. The fraction of sp³-hybridized carbons (Fsp3) is 0.333. The molecule has 9 nitrogen and oxygen atoms in total. The van der Waals surface area contributed by atoms with Gasteiger partial charge in [-0.1, -0.05) is 0 Å².